The largest absolute Gasteiger partial charge is 0.506 e. The third-order valence-corrected chi connectivity index (χ3v) is 3.43. The summed E-state index contributed by atoms with van der Waals surface area (Å²) in [6.45, 7) is 1.61. The molecule has 0 bridgehead atoms. The van der Waals surface area contributed by atoms with Crippen molar-refractivity contribution in [3.05, 3.63) is 54.4 Å². The fourth-order valence-corrected chi connectivity index (χ4v) is 2.36. The summed E-state index contributed by atoms with van der Waals surface area (Å²) in [7, 11) is 0. The predicted molar refractivity (Wildman–Crippen MR) is 78.0 cm³/mol. The Morgan fingerprint density at radius 1 is 1.38 bits per heavy atom. The number of non-ortho nitro benzene ring substituents is 1. The summed E-state index contributed by atoms with van der Waals surface area (Å²) in [5.41, 5.74) is -0.451. The Hall–Kier alpha value is -2.66. The molecule has 106 valence electrons. The Labute approximate surface area is 126 Å². The van der Waals surface area contributed by atoms with Crippen LogP contribution in [0.25, 0.3) is 11.1 Å². The van der Waals surface area contributed by atoms with Gasteiger partial charge >= 0.3 is 0 Å². The standard InChI is InChI=1S/C13H8BrN3O4/c1-6-2-8(10(5-15)13(19)16-6)9-3-7(17(20)21)4-11(14)12(9)18/h2-4,18H,1H3,(H,16,19). The second-order valence-corrected chi connectivity index (χ2v) is 5.12. The number of aryl methyl sites for hydroxylation is 1. The lowest BCUT2D eigenvalue weighted by molar-refractivity contribution is -0.384. The number of aromatic nitrogens is 1. The number of nitro groups is 1. The molecule has 1 heterocycles. The minimum atomic E-state index is -0.625. The van der Waals surface area contributed by atoms with Gasteiger partial charge in [-0.2, -0.15) is 5.26 Å². The molecule has 0 aliphatic heterocycles. The molecule has 8 heteroatoms. The van der Waals surface area contributed by atoms with Gasteiger partial charge in [-0.3, -0.25) is 14.9 Å². The first-order valence-corrected chi connectivity index (χ1v) is 6.45. The van der Waals surface area contributed by atoms with Crippen molar-refractivity contribution in [2.24, 2.45) is 0 Å². The predicted octanol–water partition coefficient (Wildman–Crippen LogP) is 2.60. The fraction of sp³-hybridized carbons (Fsp3) is 0.0769. The Morgan fingerprint density at radius 3 is 2.62 bits per heavy atom. The summed E-state index contributed by atoms with van der Waals surface area (Å²) in [6, 6.07) is 5.49. The van der Waals surface area contributed by atoms with E-state index in [4.69, 9.17) is 5.26 Å². The monoisotopic (exact) mass is 349 g/mol. The number of nitrogens with one attached hydrogen (secondary N) is 1. The van der Waals surface area contributed by atoms with Gasteiger partial charge in [0.05, 0.1) is 9.40 Å². The molecule has 0 aliphatic carbocycles. The quantitative estimate of drug-likeness (QED) is 0.637. The summed E-state index contributed by atoms with van der Waals surface area (Å²) in [5.74, 6) is -0.276. The molecule has 0 radical (unpaired) electrons. The minimum absolute atomic E-state index is 0.0434. The highest BCUT2D eigenvalue weighted by Gasteiger charge is 2.20. The molecular formula is C13H8BrN3O4. The van der Waals surface area contributed by atoms with E-state index < -0.39 is 10.5 Å². The van der Waals surface area contributed by atoms with Crippen molar-refractivity contribution in [3.63, 3.8) is 0 Å². The normalized spacial score (nSPS) is 10.1. The maximum absolute atomic E-state index is 11.8. The number of nitro benzene ring substituents is 1. The van der Waals surface area contributed by atoms with Crippen LogP contribution in [0.4, 0.5) is 5.69 Å². The number of aromatic amines is 1. The van der Waals surface area contributed by atoms with Crippen LogP contribution in [0.2, 0.25) is 0 Å². The van der Waals surface area contributed by atoms with Crippen LogP contribution < -0.4 is 5.56 Å². The van der Waals surface area contributed by atoms with Gasteiger partial charge in [0, 0.05) is 29.0 Å². The lowest BCUT2D eigenvalue weighted by Crippen LogP contribution is -2.12. The second kappa shape index (κ2) is 5.38. The molecule has 0 saturated heterocycles. The molecule has 1 aromatic heterocycles. The van der Waals surface area contributed by atoms with E-state index in [0.717, 1.165) is 12.1 Å². The highest BCUT2D eigenvalue weighted by Crippen LogP contribution is 2.39. The molecule has 0 saturated carbocycles. The highest BCUT2D eigenvalue weighted by atomic mass is 79.9. The van der Waals surface area contributed by atoms with E-state index in [0.29, 0.717) is 5.69 Å². The molecule has 21 heavy (non-hydrogen) atoms. The summed E-state index contributed by atoms with van der Waals surface area (Å²) < 4.78 is 0.105. The van der Waals surface area contributed by atoms with Crippen molar-refractivity contribution in [2.75, 3.05) is 0 Å². The second-order valence-electron chi connectivity index (χ2n) is 4.26. The lowest BCUT2D eigenvalue weighted by Gasteiger charge is -2.09. The third kappa shape index (κ3) is 2.64. The molecule has 0 fully saturated rings. The SMILES string of the molecule is Cc1cc(-c2cc([N+](=O)[O-])cc(Br)c2O)c(C#N)c(=O)[nH]1. The average Bonchev–Trinajstić information content (AvgIpc) is 2.40. The van der Waals surface area contributed by atoms with Gasteiger partial charge in [0.1, 0.15) is 17.4 Å². The summed E-state index contributed by atoms with van der Waals surface area (Å²) >= 11 is 3.02. The molecule has 7 nitrogen and oxygen atoms in total. The maximum atomic E-state index is 11.8. The van der Waals surface area contributed by atoms with Crippen LogP contribution >= 0.6 is 15.9 Å². The number of halogens is 1. The maximum Gasteiger partial charge on any atom is 0.271 e. The zero-order valence-electron chi connectivity index (χ0n) is 10.7. The first kappa shape index (κ1) is 14.7. The van der Waals surface area contributed by atoms with Crippen LogP contribution in [-0.2, 0) is 0 Å². The number of aromatic hydroxyl groups is 1. The van der Waals surface area contributed by atoms with Crippen molar-refractivity contribution >= 4 is 21.6 Å². The van der Waals surface area contributed by atoms with Gasteiger partial charge in [-0.1, -0.05) is 0 Å². The molecule has 2 aromatic rings. The van der Waals surface area contributed by atoms with Crippen LogP contribution in [0, 0.1) is 28.4 Å². The first-order chi connectivity index (χ1) is 9.85. The van der Waals surface area contributed by atoms with E-state index in [1.165, 1.54) is 6.07 Å². The van der Waals surface area contributed by atoms with Crippen molar-refractivity contribution < 1.29 is 10.0 Å². The van der Waals surface area contributed by atoms with Gasteiger partial charge < -0.3 is 10.1 Å². The van der Waals surface area contributed by atoms with Crippen molar-refractivity contribution in [3.8, 4) is 22.9 Å². The van der Waals surface area contributed by atoms with Crippen LogP contribution in [0.3, 0.4) is 0 Å². The van der Waals surface area contributed by atoms with Gasteiger partial charge in [0.15, 0.2) is 0 Å². The van der Waals surface area contributed by atoms with E-state index in [9.17, 15) is 20.0 Å². The van der Waals surface area contributed by atoms with Crippen LogP contribution in [-0.4, -0.2) is 15.0 Å². The van der Waals surface area contributed by atoms with Crippen LogP contribution in [0.15, 0.2) is 27.5 Å². The molecule has 1 aromatic carbocycles. The van der Waals surface area contributed by atoms with E-state index in [-0.39, 0.29) is 32.6 Å². The summed E-state index contributed by atoms with van der Waals surface area (Å²) in [5, 5.41) is 30.1. The molecule has 2 rings (SSSR count). The topological polar surface area (TPSA) is 120 Å². The first-order valence-electron chi connectivity index (χ1n) is 5.66. The highest BCUT2D eigenvalue weighted by molar-refractivity contribution is 9.10. The Morgan fingerprint density at radius 2 is 2.05 bits per heavy atom. The number of H-pyrrole nitrogens is 1. The third-order valence-electron chi connectivity index (χ3n) is 2.83. The smallest absolute Gasteiger partial charge is 0.271 e. The number of rotatable bonds is 2. The van der Waals surface area contributed by atoms with Crippen LogP contribution in [0.5, 0.6) is 5.75 Å². The van der Waals surface area contributed by atoms with Gasteiger partial charge in [0.25, 0.3) is 11.2 Å². The number of hydrogen-bond acceptors (Lipinski definition) is 5. The number of benzene rings is 1. The molecule has 0 spiro atoms. The van der Waals surface area contributed by atoms with E-state index in [2.05, 4.69) is 20.9 Å². The van der Waals surface area contributed by atoms with Crippen molar-refractivity contribution in [1.29, 1.82) is 5.26 Å². The minimum Gasteiger partial charge on any atom is -0.506 e. The molecule has 2 N–H and O–H groups in total. The number of phenolic OH excluding ortho intramolecular Hbond substituents is 1. The zero-order chi connectivity index (χ0) is 15.7. The van der Waals surface area contributed by atoms with Gasteiger partial charge in [0.2, 0.25) is 0 Å². The van der Waals surface area contributed by atoms with Gasteiger partial charge in [-0.25, -0.2) is 0 Å². The Balaban J connectivity index is 2.88. The molecular weight excluding hydrogens is 342 g/mol. The number of pyridine rings is 1. The summed E-state index contributed by atoms with van der Waals surface area (Å²) in [6.07, 6.45) is 0. The van der Waals surface area contributed by atoms with Gasteiger partial charge in [-0.15, -0.1) is 0 Å². The number of nitriles is 1. The number of hydrogen-bond donors (Lipinski definition) is 2. The zero-order valence-corrected chi connectivity index (χ0v) is 12.3. The van der Waals surface area contributed by atoms with Crippen molar-refractivity contribution in [1.82, 2.24) is 4.98 Å². The Bertz CT molecular complexity index is 852. The fourth-order valence-electron chi connectivity index (χ4n) is 1.91. The molecule has 0 aliphatic rings. The van der Waals surface area contributed by atoms with E-state index in [1.807, 2.05) is 0 Å². The van der Waals surface area contributed by atoms with E-state index >= 15 is 0 Å². The molecule has 0 atom stereocenters. The van der Waals surface area contributed by atoms with E-state index in [1.54, 1.807) is 13.0 Å². The van der Waals surface area contributed by atoms with Crippen LogP contribution in [0.1, 0.15) is 11.3 Å². The number of phenols is 1. The Kier molecular flexibility index (Phi) is 3.78. The molecule has 0 amide bonds. The molecule has 0 unspecified atom stereocenters. The lowest BCUT2D eigenvalue weighted by atomic mass is 9.99. The number of nitrogens with zero attached hydrogens (tertiary/aromatic N) is 2. The van der Waals surface area contributed by atoms with Gasteiger partial charge in [-0.05, 0) is 28.9 Å². The summed E-state index contributed by atoms with van der Waals surface area (Å²) in [4.78, 5) is 24.5. The average molecular weight is 350 g/mol. The van der Waals surface area contributed by atoms with Crippen molar-refractivity contribution in [2.45, 2.75) is 6.92 Å².